The third-order valence-corrected chi connectivity index (χ3v) is 3.85. The number of pyridine rings is 1. The Morgan fingerprint density at radius 2 is 1.78 bits per heavy atom. The molecule has 3 rings (SSSR count). The van der Waals surface area contributed by atoms with Crippen LogP contribution < -0.4 is 5.32 Å². The molecule has 0 saturated carbocycles. The van der Waals surface area contributed by atoms with Crippen molar-refractivity contribution < 1.29 is 19.1 Å². The lowest BCUT2D eigenvalue weighted by Crippen LogP contribution is -2.24. The highest BCUT2D eigenvalue weighted by Gasteiger charge is 2.24. The van der Waals surface area contributed by atoms with Gasteiger partial charge in [0.2, 0.25) is 6.79 Å². The fourth-order valence-electron chi connectivity index (χ4n) is 2.43. The number of nitrogens with one attached hydrogen (secondary N) is 2. The molecule has 2 aromatic heterocycles. The van der Waals surface area contributed by atoms with Gasteiger partial charge in [0.05, 0.1) is 11.1 Å². The van der Waals surface area contributed by atoms with Crippen molar-refractivity contribution >= 4 is 34.2 Å². The standard InChI is InChI=1S/C20H21N3O4/c1-20(2,3)19(25)27-12-26-18(24)17-16(22-13-8-10-21-11-9-13)14-6-4-5-7-15(14)23-17/h4-11,23H,12H2,1-3H3,(H,21,22). The fourth-order valence-corrected chi connectivity index (χ4v) is 2.43. The quantitative estimate of drug-likeness (QED) is 0.523. The highest BCUT2D eigenvalue weighted by molar-refractivity contribution is 6.07. The minimum Gasteiger partial charge on any atom is -0.427 e. The van der Waals surface area contributed by atoms with Gasteiger partial charge >= 0.3 is 11.9 Å². The van der Waals surface area contributed by atoms with Crippen LogP contribution in [-0.4, -0.2) is 28.7 Å². The minimum absolute atomic E-state index is 0.250. The Morgan fingerprint density at radius 3 is 2.48 bits per heavy atom. The summed E-state index contributed by atoms with van der Waals surface area (Å²) in [6.45, 7) is 4.74. The van der Waals surface area contributed by atoms with Gasteiger partial charge in [-0.3, -0.25) is 9.78 Å². The van der Waals surface area contributed by atoms with Crippen LogP contribution in [-0.2, 0) is 14.3 Å². The van der Waals surface area contributed by atoms with Crippen LogP contribution in [0.1, 0.15) is 31.3 Å². The van der Waals surface area contributed by atoms with Crippen LogP contribution in [0.25, 0.3) is 10.9 Å². The molecule has 0 atom stereocenters. The van der Waals surface area contributed by atoms with Crippen molar-refractivity contribution in [1.29, 1.82) is 0 Å². The zero-order valence-corrected chi connectivity index (χ0v) is 15.4. The molecule has 0 saturated heterocycles. The number of aromatic nitrogens is 2. The molecule has 7 heteroatoms. The highest BCUT2D eigenvalue weighted by Crippen LogP contribution is 2.31. The monoisotopic (exact) mass is 367 g/mol. The summed E-state index contributed by atoms with van der Waals surface area (Å²) >= 11 is 0. The van der Waals surface area contributed by atoms with E-state index < -0.39 is 24.1 Å². The summed E-state index contributed by atoms with van der Waals surface area (Å²) in [5, 5.41) is 4.06. The summed E-state index contributed by atoms with van der Waals surface area (Å²) in [7, 11) is 0. The SMILES string of the molecule is CC(C)(C)C(=O)OCOC(=O)c1[nH]c2ccccc2c1Nc1ccncc1. The number of carbonyl (C=O) groups excluding carboxylic acids is 2. The summed E-state index contributed by atoms with van der Waals surface area (Å²) in [5.41, 5.74) is 1.74. The molecule has 0 aliphatic carbocycles. The minimum atomic E-state index is -0.665. The van der Waals surface area contributed by atoms with Gasteiger partial charge < -0.3 is 19.8 Å². The number of hydrogen-bond acceptors (Lipinski definition) is 6. The molecular formula is C20H21N3O4. The molecule has 2 N–H and O–H groups in total. The first-order chi connectivity index (χ1) is 12.9. The van der Waals surface area contributed by atoms with Gasteiger partial charge in [-0.15, -0.1) is 0 Å². The summed E-state index contributed by atoms with van der Waals surface area (Å²) in [6.07, 6.45) is 3.31. The first-order valence-electron chi connectivity index (χ1n) is 8.48. The van der Waals surface area contributed by atoms with Gasteiger partial charge in [-0.2, -0.15) is 0 Å². The Bertz CT molecular complexity index is 958. The van der Waals surface area contributed by atoms with E-state index in [0.29, 0.717) is 5.69 Å². The van der Waals surface area contributed by atoms with E-state index in [1.807, 2.05) is 24.3 Å². The molecule has 0 aliphatic heterocycles. The summed E-state index contributed by atoms with van der Waals surface area (Å²) in [4.78, 5) is 31.4. The largest absolute Gasteiger partial charge is 0.427 e. The number of ether oxygens (including phenoxy) is 2. The smallest absolute Gasteiger partial charge is 0.359 e. The van der Waals surface area contributed by atoms with Gasteiger partial charge in [-0.25, -0.2) is 4.79 Å². The molecule has 3 aromatic rings. The number of carbonyl (C=O) groups is 2. The normalized spacial score (nSPS) is 11.2. The number of H-pyrrole nitrogens is 1. The summed E-state index contributed by atoms with van der Waals surface area (Å²) in [6, 6.07) is 11.1. The van der Waals surface area contributed by atoms with E-state index in [-0.39, 0.29) is 5.69 Å². The molecule has 2 heterocycles. The third-order valence-electron chi connectivity index (χ3n) is 3.85. The third kappa shape index (κ3) is 4.25. The van der Waals surface area contributed by atoms with E-state index in [9.17, 15) is 9.59 Å². The molecular weight excluding hydrogens is 346 g/mol. The number of rotatable bonds is 5. The lowest BCUT2D eigenvalue weighted by Gasteiger charge is -2.16. The van der Waals surface area contributed by atoms with E-state index in [0.717, 1.165) is 16.6 Å². The van der Waals surface area contributed by atoms with Crippen molar-refractivity contribution in [3.63, 3.8) is 0 Å². The van der Waals surface area contributed by atoms with Crippen LogP contribution in [0.5, 0.6) is 0 Å². The Kier molecular flexibility index (Phi) is 5.12. The van der Waals surface area contributed by atoms with Crippen LogP contribution in [0.2, 0.25) is 0 Å². The van der Waals surface area contributed by atoms with Gasteiger partial charge in [-0.1, -0.05) is 18.2 Å². The van der Waals surface area contributed by atoms with Crippen molar-refractivity contribution in [3.8, 4) is 0 Å². The topological polar surface area (TPSA) is 93.3 Å². The number of nitrogens with zero attached hydrogens (tertiary/aromatic N) is 1. The molecule has 0 spiro atoms. The lowest BCUT2D eigenvalue weighted by molar-refractivity contribution is -0.161. The number of aromatic amines is 1. The molecule has 1 aromatic carbocycles. The number of hydrogen-bond donors (Lipinski definition) is 2. The average Bonchev–Trinajstić information content (AvgIpc) is 3.00. The van der Waals surface area contributed by atoms with Crippen molar-refractivity contribution in [1.82, 2.24) is 9.97 Å². The van der Waals surface area contributed by atoms with E-state index in [4.69, 9.17) is 9.47 Å². The molecule has 0 bridgehead atoms. The molecule has 0 fully saturated rings. The maximum absolute atomic E-state index is 12.6. The van der Waals surface area contributed by atoms with Gasteiger partial charge in [-0.05, 0) is 39.0 Å². The second-order valence-electron chi connectivity index (χ2n) is 7.01. The molecule has 0 radical (unpaired) electrons. The molecule has 0 amide bonds. The van der Waals surface area contributed by atoms with E-state index in [1.54, 1.807) is 45.3 Å². The predicted molar refractivity (Wildman–Crippen MR) is 102 cm³/mol. The van der Waals surface area contributed by atoms with Crippen LogP contribution >= 0.6 is 0 Å². The van der Waals surface area contributed by atoms with Gasteiger partial charge in [0.25, 0.3) is 0 Å². The number of para-hydroxylation sites is 1. The average molecular weight is 367 g/mol. The second-order valence-corrected chi connectivity index (χ2v) is 7.01. The van der Waals surface area contributed by atoms with Crippen molar-refractivity contribution in [2.45, 2.75) is 20.8 Å². The number of benzene rings is 1. The summed E-state index contributed by atoms with van der Waals surface area (Å²) in [5.74, 6) is -1.06. The maximum Gasteiger partial charge on any atom is 0.359 e. The number of anilines is 2. The first-order valence-corrected chi connectivity index (χ1v) is 8.48. The Balaban J connectivity index is 1.82. The van der Waals surface area contributed by atoms with Crippen LogP contribution in [0, 0.1) is 5.41 Å². The van der Waals surface area contributed by atoms with Crippen molar-refractivity contribution in [2.75, 3.05) is 12.1 Å². The molecule has 27 heavy (non-hydrogen) atoms. The van der Waals surface area contributed by atoms with Crippen molar-refractivity contribution in [3.05, 3.63) is 54.5 Å². The number of fused-ring (bicyclic) bond motifs is 1. The van der Waals surface area contributed by atoms with Crippen LogP contribution in [0.3, 0.4) is 0 Å². The summed E-state index contributed by atoms with van der Waals surface area (Å²) < 4.78 is 10.1. The Morgan fingerprint density at radius 1 is 1.07 bits per heavy atom. The number of esters is 2. The van der Waals surface area contributed by atoms with Crippen LogP contribution in [0.4, 0.5) is 11.4 Å². The lowest BCUT2D eigenvalue weighted by atomic mass is 9.98. The van der Waals surface area contributed by atoms with E-state index in [2.05, 4.69) is 15.3 Å². The van der Waals surface area contributed by atoms with Crippen LogP contribution in [0.15, 0.2) is 48.8 Å². The molecule has 0 aliphatic rings. The maximum atomic E-state index is 12.6. The van der Waals surface area contributed by atoms with E-state index >= 15 is 0 Å². The van der Waals surface area contributed by atoms with Crippen molar-refractivity contribution in [2.24, 2.45) is 5.41 Å². The first kappa shape index (κ1) is 18.4. The Hall–Kier alpha value is -3.35. The molecule has 0 unspecified atom stereocenters. The fraction of sp³-hybridized carbons (Fsp3) is 0.250. The molecule has 7 nitrogen and oxygen atoms in total. The second kappa shape index (κ2) is 7.49. The van der Waals surface area contributed by atoms with E-state index in [1.165, 1.54) is 0 Å². The van der Waals surface area contributed by atoms with Gasteiger partial charge in [0, 0.05) is 29.0 Å². The predicted octanol–water partition coefficient (Wildman–Crippen LogP) is 4.01. The zero-order chi connectivity index (χ0) is 19.4. The van der Waals surface area contributed by atoms with Gasteiger partial charge in [0.15, 0.2) is 0 Å². The van der Waals surface area contributed by atoms with Gasteiger partial charge in [0.1, 0.15) is 5.69 Å². The zero-order valence-electron chi connectivity index (χ0n) is 15.4. The molecule has 140 valence electrons. The Labute approximate surface area is 156 Å². The highest BCUT2D eigenvalue weighted by atomic mass is 16.7.